The van der Waals surface area contributed by atoms with Crippen molar-refractivity contribution in [1.82, 2.24) is 4.98 Å². The lowest BCUT2D eigenvalue weighted by Crippen LogP contribution is -2.08. The summed E-state index contributed by atoms with van der Waals surface area (Å²) in [6.07, 6.45) is -3.89. The van der Waals surface area contributed by atoms with E-state index in [0.29, 0.717) is 9.88 Å². The van der Waals surface area contributed by atoms with Crippen molar-refractivity contribution in [3.8, 4) is 0 Å². The highest BCUT2D eigenvalue weighted by Crippen LogP contribution is 2.23. The third-order valence-electron chi connectivity index (χ3n) is 1.52. The van der Waals surface area contributed by atoms with Gasteiger partial charge in [-0.15, -0.1) is 11.3 Å². The molecule has 0 unspecified atom stereocenters. The minimum absolute atomic E-state index is 0.151. The fourth-order valence-electron chi connectivity index (χ4n) is 0.837. The average Bonchev–Trinajstić information content (AvgIpc) is 2.47. The molecule has 0 spiro atoms. The van der Waals surface area contributed by atoms with Gasteiger partial charge < -0.3 is 0 Å². The number of carbonyl (C=O) groups is 1. The van der Waals surface area contributed by atoms with Crippen LogP contribution in [-0.4, -0.2) is 16.9 Å². The van der Waals surface area contributed by atoms with E-state index in [1.807, 2.05) is 0 Å². The number of Topliss-reactive ketones (excluding diaryl/α,β-unsaturated/α-hetero) is 1. The molecule has 0 saturated heterocycles. The van der Waals surface area contributed by atoms with Crippen molar-refractivity contribution in [2.45, 2.75) is 25.9 Å². The van der Waals surface area contributed by atoms with E-state index >= 15 is 0 Å². The average molecular weight is 223 g/mol. The van der Waals surface area contributed by atoms with Crippen molar-refractivity contribution in [3.05, 3.63) is 16.1 Å². The van der Waals surface area contributed by atoms with Crippen LogP contribution in [-0.2, 0) is 6.42 Å². The predicted molar refractivity (Wildman–Crippen MR) is 46.5 cm³/mol. The van der Waals surface area contributed by atoms with Gasteiger partial charge in [0.25, 0.3) is 0 Å². The molecule has 0 aromatic carbocycles. The van der Waals surface area contributed by atoms with Crippen LogP contribution in [0.3, 0.4) is 0 Å². The zero-order valence-corrected chi connectivity index (χ0v) is 8.21. The molecule has 0 atom stereocenters. The summed E-state index contributed by atoms with van der Waals surface area (Å²) >= 11 is 1.02. The second kappa shape index (κ2) is 4.08. The molecule has 14 heavy (non-hydrogen) atoms. The molecule has 1 rings (SSSR count). The first-order valence-electron chi connectivity index (χ1n) is 3.91. The van der Waals surface area contributed by atoms with E-state index in [2.05, 4.69) is 4.98 Å². The number of hydrogen-bond donors (Lipinski definition) is 0. The monoisotopic (exact) mass is 223 g/mol. The van der Waals surface area contributed by atoms with Crippen molar-refractivity contribution in [1.29, 1.82) is 0 Å². The van der Waals surface area contributed by atoms with E-state index in [1.165, 1.54) is 13.1 Å². The van der Waals surface area contributed by atoms with Crippen LogP contribution in [0, 0.1) is 0 Å². The summed E-state index contributed by atoms with van der Waals surface area (Å²) in [5.41, 5.74) is 0. The van der Waals surface area contributed by atoms with Gasteiger partial charge in [0.15, 0.2) is 5.78 Å². The second-order valence-corrected chi connectivity index (χ2v) is 3.90. The van der Waals surface area contributed by atoms with E-state index in [4.69, 9.17) is 0 Å². The lowest BCUT2D eigenvalue weighted by Gasteiger charge is -2.02. The zero-order valence-electron chi connectivity index (χ0n) is 7.39. The Morgan fingerprint density at radius 3 is 2.64 bits per heavy atom. The van der Waals surface area contributed by atoms with Crippen LogP contribution in [0.25, 0.3) is 0 Å². The topological polar surface area (TPSA) is 30.0 Å². The minimum Gasteiger partial charge on any atom is -0.294 e. The molecule has 0 aliphatic rings. The second-order valence-electron chi connectivity index (χ2n) is 2.79. The number of ketones is 1. The molecule has 0 radical (unpaired) electrons. The Kier molecular flexibility index (Phi) is 3.25. The van der Waals surface area contributed by atoms with Gasteiger partial charge in [-0.3, -0.25) is 4.79 Å². The number of rotatable bonds is 3. The molecule has 0 N–H and O–H groups in total. The highest BCUT2D eigenvalue weighted by atomic mass is 32.1. The Morgan fingerprint density at radius 2 is 2.21 bits per heavy atom. The maximum atomic E-state index is 11.8. The molecule has 2 nitrogen and oxygen atoms in total. The molecule has 6 heteroatoms. The van der Waals surface area contributed by atoms with Gasteiger partial charge in [-0.1, -0.05) is 0 Å². The van der Waals surface area contributed by atoms with E-state index < -0.39 is 12.6 Å². The third-order valence-corrected chi connectivity index (χ3v) is 2.68. The minimum atomic E-state index is -4.16. The number of hydrogen-bond acceptors (Lipinski definition) is 3. The summed E-state index contributed by atoms with van der Waals surface area (Å²) in [5.74, 6) is -0.166. The lowest BCUT2D eigenvalue weighted by molar-refractivity contribution is -0.133. The molecule has 78 valence electrons. The van der Waals surface area contributed by atoms with Crippen molar-refractivity contribution >= 4 is 17.1 Å². The Hall–Kier alpha value is -0.910. The maximum Gasteiger partial charge on any atom is 0.389 e. The first kappa shape index (κ1) is 11.2. The van der Waals surface area contributed by atoms with Gasteiger partial charge in [-0.05, 0) is 0 Å². The largest absolute Gasteiger partial charge is 0.389 e. The van der Waals surface area contributed by atoms with Gasteiger partial charge >= 0.3 is 6.18 Å². The van der Waals surface area contributed by atoms with Crippen LogP contribution < -0.4 is 0 Å². The standard InChI is InChI=1S/C8H8F3NOS/c1-5(13)6-4-12-7(14-6)2-3-8(9,10)11/h4H,2-3H2,1H3. The fraction of sp³-hybridized carbons (Fsp3) is 0.500. The molecular weight excluding hydrogens is 215 g/mol. The molecule has 0 aliphatic heterocycles. The van der Waals surface area contributed by atoms with Crippen molar-refractivity contribution in [2.24, 2.45) is 0 Å². The van der Waals surface area contributed by atoms with E-state index in [1.54, 1.807) is 0 Å². The Morgan fingerprint density at radius 1 is 1.57 bits per heavy atom. The Balaban J connectivity index is 2.56. The Labute approximate surface area is 82.8 Å². The molecule has 1 aromatic rings. The van der Waals surface area contributed by atoms with Crippen molar-refractivity contribution < 1.29 is 18.0 Å². The summed E-state index contributed by atoms with van der Waals surface area (Å²) in [5, 5.41) is 0.354. The molecule has 0 saturated carbocycles. The highest BCUT2D eigenvalue weighted by molar-refractivity contribution is 7.13. The summed E-state index contributed by atoms with van der Waals surface area (Å²) < 4.78 is 35.4. The van der Waals surface area contributed by atoms with Gasteiger partial charge in [0, 0.05) is 26.0 Å². The summed E-state index contributed by atoms with van der Waals surface area (Å²) in [6, 6.07) is 0. The van der Waals surface area contributed by atoms with Gasteiger partial charge in [-0.2, -0.15) is 13.2 Å². The van der Waals surface area contributed by atoms with Crippen molar-refractivity contribution in [2.75, 3.05) is 0 Å². The Bertz CT molecular complexity index is 332. The number of alkyl halides is 3. The maximum absolute atomic E-state index is 11.8. The van der Waals surface area contributed by atoms with Gasteiger partial charge in [0.2, 0.25) is 0 Å². The van der Waals surface area contributed by atoms with Crippen molar-refractivity contribution in [3.63, 3.8) is 0 Å². The molecular formula is C8H8F3NOS. The number of halogens is 3. The van der Waals surface area contributed by atoms with Crippen LogP contribution >= 0.6 is 11.3 Å². The van der Waals surface area contributed by atoms with Crippen LogP contribution in [0.1, 0.15) is 28.0 Å². The predicted octanol–water partition coefficient (Wildman–Crippen LogP) is 2.84. The first-order valence-corrected chi connectivity index (χ1v) is 4.72. The first-order chi connectivity index (χ1) is 6.38. The van der Waals surface area contributed by atoms with E-state index in [9.17, 15) is 18.0 Å². The molecule has 1 aromatic heterocycles. The molecule has 0 fully saturated rings. The lowest BCUT2D eigenvalue weighted by atomic mass is 10.3. The fourth-order valence-corrected chi connectivity index (χ4v) is 1.65. The van der Waals surface area contributed by atoms with Crippen LogP contribution in [0.2, 0.25) is 0 Å². The number of carbonyl (C=O) groups excluding carboxylic acids is 1. The smallest absolute Gasteiger partial charge is 0.294 e. The number of aryl methyl sites for hydroxylation is 1. The molecule has 0 bridgehead atoms. The van der Waals surface area contributed by atoms with Crippen LogP contribution in [0.5, 0.6) is 0 Å². The normalized spacial score (nSPS) is 11.7. The van der Waals surface area contributed by atoms with Gasteiger partial charge in [-0.25, -0.2) is 4.98 Å². The van der Waals surface area contributed by atoms with Gasteiger partial charge in [0.1, 0.15) is 0 Å². The summed E-state index contributed by atoms with van der Waals surface area (Å²) in [7, 11) is 0. The number of thiazole rings is 1. The third kappa shape index (κ3) is 3.45. The SMILES string of the molecule is CC(=O)c1cnc(CCC(F)(F)F)s1. The zero-order chi connectivity index (χ0) is 10.8. The van der Waals surface area contributed by atoms with E-state index in [-0.39, 0.29) is 12.2 Å². The summed E-state index contributed by atoms with van der Waals surface area (Å²) in [6.45, 7) is 1.36. The van der Waals surface area contributed by atoms with Crippen LogP contribution in [0.4, 0.5) is 13.2 Å². The molecule has 0 amide bonds. The van der Waals surface area contributed by atoms with E-state index in [0.717, 1.165) is 11.3 Å². The highest BCUT2D eigenvalue weighted by Gasteiger charge is 2.27. The number of nitrogens with zero attached hydrogens (tertiary/aromatic N) is 1. The van der Waals surface area contributed by atoms with Gasteiger partial charge in [0.05, 0.1) is 9.88 Å². The van der Waals surface area contributed by atoms with Crippen LogP contribution in [0.15, 0.2) is 6.20 Å². The molecule has 0 aliphatic carbocycles. The molecule has 1 heterocycles. The number of aromatic nitrogens is 1. The quantitative estimate of drug-likeness (QED) is 0.737. The summed E-state index contributed by atoms with van der Waals surface area (Å²) in [4.78, 5) is 15.0.